The Hall–Kier alpha value is 1.15. The largest absolute Gasteiger partial charge is 1.00 e. The second kappa shape index (κ2) is 9.38. The maximum Gasteiger partial charge on any atom is 1.00 e. The molecular formula is C9H9NNa2S2. The van der Waals surface area contributed by atoms with Crippen LogP contribution in [0, 0.1) is 11.3 Å². The second-order valence-electron chi connectivity index (χ2n) is 2.31. The van der Waals surface area contributed by atoms with Gasteiger partial charge in [0.2, 0.25) is 0 Å². The minimum atomic E-state index is -0.371. The zero-order valence-corrected chi connectivity index (χ0v) is 14.0. The fourth-order valence-corrected chi connectivity index (χ4v) is 1.31. The topological polar surface area (TPSA) is 23.8 Å². The number of thiol groups is 1. The van der Waals surface area contributed by atoms with Crippen molar-refractivity contribution in [3.63, 3.8) is 0 Å². The van der Waals surface area contributed by atoms with Gasteiger partial charge in [0.15, 0.2) is 0 Å². The average molecular weight is 241 g/mol. The summed E-state index contributed by atoms with van der Waals surface area (Å²) >= 11 is 8.83. The van der Waals surface area contributed by atoms with E-state index in [1.165, 1.54) is 0 Å². The van der Waals surface area contributed by atoms with Crippen LogP contribution < -0.4 is 59.1 Å². The van der Waals surface area contributed by atoms with E-state index in [9.17, 15) is 0 Å². The summed E-state index contributed by atoms with van der Waals surface area (Å²) in [6.07, 6.45) is 0. The first-order chi connectivity index (χ1) is 5.75. The molecule has 1 unspecified atom stereocenters. The van der Waals surface area contributed by atoms with Crippen LogP contribution in [0.4, 0.5) is 0 Å². The van der Waals surface area contributed by atoms with Crippen LogP contribution in [0.25, 0.3) is 0 Å². The van der Waals surface area contributed by atoms with Gasteiger partial charge in [-0.2, -0.15) is 5.26 Å². The van der Waals surface area contributed by atoms with Crippen molar-refractivity contribution >= 4 is 29.0 Å². The quantitative estimate of drug-likeness (QED) is 0.335. The van der Waals surface area contributed by atoms with E-state index in [1.807, 2.05) is 30.3 Å². The average Bonchev–Trinajstić information content (AvgIpc) is 2.07. The molecule has 0 aliphatic rings. The van der Waals surface area contributed by atoms with Gasteiger partial charge in [-0.3, -0.25) is 0 Å². The Morgan fingerprint density at radius 2 is 1.86 bits per heavy atom. The number of nitriles is 1. The number of nitrogens with zero attached hydrogens (tertiary/aromatic N) is 1. The molecular weight excluding hydrogens is 232 g/mol. The maximum absolute atomic E-state index is 8.76. The molecule has 5 heteroatoms. The Bertz CT molecular complexity index is 330. The number of rotatable bonds is 2. The van der Waals surface area contributed by atoms with Gasteiger partial charge in [0.05, 0.1) is 10.3 Å². The smallest absolute Gasteiger partial charge is 1.00 e. The number of thiocarbonyl (C=S) groups is 1. The Balaban J connectivity index is -0.000000180. The minimum Gasteiger partial charge on any atom is -1.00 e. The van der Waals surface area contributed by atoms with Crippen LogP contribution >= 0.6 is 24.8 Å². The molecule has 1 rings (SSSR count). The van der Waals surface area contributed by atoms with E-state index in [0.717, 1.165) is 5.56 Å². The van der Waals surface area contributed by atoms with Crippen molar-refractivity contribution in [1.29, 1.82) is 5.26 Å². The van der Waals surface area contributed by atoms with Gasteiger partial charge in [-0.25, -0.2) is 0 Å². The summed E-state index contributed by atoms with van der Waals surface area (Å²) in [5, 5.41) is 8.76. The van der Waals surface area contributed by atoms with Crippen molar-refractivity contribution in [2.75, 3.05) is 0 Å². The summed E-state index contributed by atoms with van der Waals surface area (Å²) in [5.41, 5.74) is 0.903. The molecule has 0 radical (unpaired) electrons. The van der Waals surface area contributed by atoms with Gasteiger partial charge in [0, 0.05) is 0 Å². The van der Waals surface area contributed by atoms with E-state index in [0.29, 0.717) is 4.20 Å². The van der Waals surface area contributed by atoms with Gasteiger partial charge in [0.1, 0.15) is 5.92 Å². The number of benzene rings is 1. The van der Waals surface area contributed by atoms with Crippen LogP contribution in [-0.2, 0) is 0 Å². The molecule has 14 heavy (non-hydrogen) atoms. The molecule has 0 amide bonds. The molecule has 1 aromatic rings. The molecule has 64 valence electrons. The third-order valence-corrected chi connectivity index (χ3v) is 2.00. The monoisotopic (exact) mass is 241 g/mol. The fraction of sp³-hybridized carbons (Fsp3) is 0.111. The van der Waals surface area contributed by atoms with Crippen LogP contribution in [0.5, 0.6) is 0 Å². The fourth-order valence-electron chi connectivity index (χ4n) is 0.918. The Kier molecular flexibility index (Phi) is 11.8. The van der Waals surface area contributed by atoms with Gasteiger partial charge in [0.25, 0.3) is 0 Å². The Morgan fingerprint density at radius 3 is 2.21 bits per heavy atom. The molecule has 1 nitrogen and oxygen atoms in total. The molecule has 0 spiro atoms. The molecule has 1 atom stereocenters. The van der Waals surface area contributed by atoms with Crippen LogP contribution in [0.1, 0.15) is 14.3 Å². The summed E-state index contributed by atoms with van der Waals surface area (Å²) in [4.78, 5) is 0. The first-order valence-electron chi connectivity index (χ1n) is 3.43. The van der Waals surface area contributed by atoms with E-state index in [4.69, 9.17) is 17.5 Å². The molecule has 0 bridgehead atoms. The molecule has 0 heterocycles. The summed E-state index contributed by atoms with van der Waals surface area (Å²) < 4.78 is 0.420. The van der Waals surface area contributed by atoms with Crippen molar-refractivity contribution in [2.45, 2.75) is 5.92 Å². The van der Waals surface area contributed by atoms with E-state index in [2.05, 4.69) is 18.7 Å². The molecule has 0 saturated heterocycles. The van der Waals surface area contributed by atoms with Gasteiger partial charge >= 0.3 is 59.1 Å². The van der Waals surface area contributed by atoms with Crippen LogP contribution in [-0.4, -0.2) is 4.20 Å². The van der Waals surface area contributed by atoms with E-state index in [-0.39, 0.29) is 67.9 Å². The van der Waals surface area contributed by atoms with Gasteiger partial charge in [-0.05, 0) is 5.56 Å². The molecule has 0 aromatic heterocycles. The van der Waals surface area contributed by atoms with E-state index < -0.39 is 0 Å². The van der Waals surface area contributed by atoms with Crippen LogP contribution in [0.2, 0.25) is 0 Å². The van der Waals surface area contributed by atoms with Crippen molar-refractivity contribution in [1.82, 2.24) is 0 Å². The molecule has 0 saturated carbocycles. The van der Waals surface area contributed by atoms with Crippen molar-refractivity contribution < 1.29 is 62.0 Å². The zero-order chi connectivity index (χ0) is 8.97. The molecule has 0 aliphatic carbocycles. The third-order valence-electron chi connectivity index (χ3n) is 1.51. The van der Waals surface area contributed by atoms with E-state index in [1.54, 1.807) is 0 Å². The molecule has 0 N–H and O–H groups in total. The first kappa shape index (κ1) is 17.5. The van der Waals surface area contributed by atoms with Crippen molar-refractivity contribution in [3.05, 3.63) is 35.9 Å². The van der Waals surface area contributed by atoms with Crippen LogP contribution in [0.3, 0.4) is 0 Å². The van der Waals surface area contributed by atoms with Crippen molar-refractivity contribution in [2.24, 2.45) is 0 Å². The predicted octanol–water partition coefficient (Wildman–Crippen LogP) is -3.22. The van der Waals surface area contributed by atoms with Gasteiger partial charge < -0.3 is 2.85 Å². The van der Waals surface area contributed by atoms with Crippen molar-refractivity contribution in [3.8, 4) is 6.07 Å². The van der Waals surface area contributed by atoms with E-state index >= 15 is 0 Å². The minimum absolute atomic E-state index is 0. The van der Waals surface area contributed by atoms with Crippen LogP contribution in [0.15, 0.2) is 30.3 Å². The Labute approximate surface area is 142 Å². The summed E-state index contributed by atoms with van der Waals surface area (Å²) in [7, 11) is 0. The van der Waals surface area contributed by atoms with Gasteiger partial charge in [-0.1, -0.05) is 42.5 Å². The summed E-state index contributed by atoms with van der Waals surface area (Å²) in [5.74, 6) is -0.371. The molecule has 1 aromatic carbocycles. The maximum atomic E-state index is 8.76. The summed E-state index contributed by atoms with van der Waals surface area (Å²) in [6.45, 7) is 0. The predicted molar refractivity (Wildman–Crippen MR) is 58.6 cm³/mol. The summed E-state index contributed by atoms with van der Waals surface area (Å²) in [6, 6.07) is 11.5. The molecule has 0 aliphatic heterocycles. The second-order valence-corrected chi connectivity index (χ2v) is 3.54. The normalized spacial score (nSPS) is 10.0. The number of hydrogen-bond donors (Lipinski definition) is 1. The zero-order valence-electron chi connectivity index (χ0n) is 10.3. The Morgan fingerprint density at radius 1 is 1.36 bits per heavy atom. The molecule has 0 fully saturated rings. The standard InChI is InChI=1S/C9H7NS2.2Na.2H/c10-6-8(9(11)12)7-4-2-1-3-5-7;;;;/h1-5,8H,(H,11,12);;;;/q;2*+1;2*-1. The SMILES string of the molecule is N#CC(C(=S)S)c1ccccc1.[H-].[H-].[Na+].[Na+]. The first-order valence-corrected chi connectivity index (χ1v) is 4.28. The van der Waals surface area contributed by atoms with Gasteiger partial charge in [-0.15, -0.1) is 12.6 Å². The third kappa shape index (κ3) is 5.29. The number of hydrogen-bond acceptors (Lipinski definition) is 2.